The van der Waals surface area contributed by atoms with Crippen LogP contribution in [0.15, 0.2) is 35.1 Å². The molecule has 0 fully saturated rings. The van der Waals surface area contributed by atoms with Crippen molar-refractivity contribution in [2.45, 2.75) is 20.8 Å². The van der Waals surface area contributed by atoms with E-state index < -0.39 is 0 Å². The molecule has 0 saturated carbocycles. The minimum Gasteiger partial charge on any atom is -0.311 e. The maximum absolute atomic E-state index is 11.3. The molecule has 80 valence electrons. The lowest BCUT2D eigenvalue weighted by Crippen LogP contribution is -2.15. The number of aryl methyl sites for hydroxylation is 2. The molecule has 0 N–H and O–H groups in total. The third-order valence-electron chi connectivity index (χ3n) is 2.39. The van der Waals surface area contributed by atoms with Crippen LogP contribution in [-0.2, 0) is 7.05 Å². The van der Waals surface area contributed by atoms with Crippen molar-refractivity contribution < 1.29 is 0 Å². The molecule has 0 aliphatic rings. The predicted molar refractivity (Wildman–Crippen MR) is 65.3 cm³/mol. The molecule has 0 bridgehead atoms. The van der Waals surface area contributed by atoms with Gasteiger partial charge in [0.25, 0.3) is 5.56 Å². The molecule has 2 rings (SSSR count). The van der Waals surface area contributed by atoms with Gasteiger partial charge in [-0.1, -0.05) is 26.0 Å². The Morgan fingerprint density at radius 2 is 1.73 bits per heavy atom. The fourth-order valence-corrected chi connectivity index (χ4v) is 1.56. The van der Waals surface area contributed by atoms with Crippen LogP contribution in [0.5, 0.6) is 0 Å². The fraction of sp³-hybridized carbons (Fsp3) is 0.308. The van der Waals surface area contributed by atoms with E-state index in [0.29, 0.717) is 0 Å². The van der Waals surface area contributed by atoms with Gasteiger partial charge in [-0.05, 0) is 24.6 Å². The maximum Gasteiger partial charge on any atom is 0.250 e. The Morgan fingerprint density at radius 3 is 2.40 bits per heavy atom. The van der Waals surface area contributed by atoms with Crippen molar-refractivity contribution in [2.75, 3.05) is 0 Å². The first-order valence-electron chi connectivity index (χ1n) is 5.25. The van der Waals surface area contributed by atoms with E-state index in [1.54, 1.807) is 17.7 Å². The minimum absolute atomic E-state index is 0.0399. The minimum atomic E-state index is 0.0399. The summed E-state index contributed by atoms with van der Waals surface area (Å²) in [4.78, 5) is 11.3. The summed E-state index contributed by atoms with van der Waals surface area (Å²) >= 11 is 0. The van der Waals surface area contributed by atoms with Crippen LogP contribution < -0.4 is 5.56 Å². The van der Waals surface area contributed by atoms with Crippen LogP contribution in [0.2, 0.25) is 0 Å². The van der Waals surface area contributed by atoms with Crippen molar-refractivity contribution in [1.82, 2.24) is 4.57 Å². The molecule has 15 heavy (non-hydrogen) atoms. The van der Waals surface area contributed by atoms with Crippen LogP contribution in [0.1, 0.15) is 19.4 Å². The van der Waals surface area contributed by atoms with Gasteiger partial charge in [0.1, 0.15) is 0 Å². The Balaban J connectivity index is 0.000000531. The van der Waals surface area contributed by atoms with Crippen LogP contribution in [0.4, 0.5) is 0 Å². The smallest absolute Gasteiger partial charge is 0.250 e. The molecule has 2 heteroatoms. The molecule has 2 aromatic rings. The van der Waals surface area contributed by atoms with E-state index in [1.807, 2.05) is 45.0 Å². The highest BCUT2D eigenvalue weighted by Gasteiger charge is 1.99. The zero-order valence-corrected chi connectivity index (χ0v) is 9.74. The van der Waals surface area contributed by atoms with Gasteiger partial charge in [0.2, 0.25) is 0 Å². The number of benzene rings is 1. The molecular weight excluding hydrogens is 186 g/mol. The van der Waals surface area contributed by atoms with E-state index in [1.165, 1.54) is 5.56 Å². The monoisotopic (exact) mass is 203 g/mol. The van der Waals surface area contributed by atoms with Crippen molar-refractivity contribution in [3.63, 3.8) is 0 Å². The Kier molecular flexibility index (Phi) is 3.67. The largest absolute Gasteiger partial charge is 0.311 e. The summed E-state index contributed by atoms with van der Waals surface area (Å²) in [7, 11) is 1.80. The molecule has 1 heterocycles. The van der Waals surface area contributed by atoms with Crippen molar-refractivity contribution in [3.05, 3.63) is 46.2 Å². The van der Waals surface area contributed by atoms with Crippen molar-refractivity contribution in [2.24, 2.45) is 7.05 Å². The van der Waals surface area contributed by atoms with Gasteiger partial charge in [0.05, 0.1) is 5.52 Å². The molecule has 0 aliphatic carbocycles. The third-order valence-corrected chi connectivity index (χ3v) is 2.39. The Morgan fingerprint density at radius 1 is 1.07 bits per heavy atom. The third kappa shape index (κ3) is 2.09. The van der Waals surface area contributed by atoms with Gasteiger partial charge in [0.15, 0.2) is 0 Å². The zero-order chi connectivity index (χ0) is 11.4. The lowest BCUT2D eigenvalue weighted by atomic mass is 10.1. The molecule has 1 aromatic carbocycles. The van der Waals surface area contributed by atoms with Crippen molar-refractivity contribution in [1.29, 1.82) is 0 Å². The van der Waals surface area contributed by atoms with E-state index in [4.69, 9.17) is 0 Å². The second-order valence-corrected chi connectivity index (χ2v) is 3.24. The van der Waals surface area contributed by atoms with Gasteiger partial charge in [-0.2, -0.15) is 0 Å². The van der Waals surface area contributed by atoms with Crippen molar-refractivity contribution >= 4 is 10.9 Å². The molecule has 2 nitrogen and oxygen atoms in total. The number of hydrogen-bond acceptors (Lipinski definition) is 1. The molecule has 0 saturated heterocycles. The summed E-state index contributed by atoms with van der Waals surface area (Å²) < 4.78 is 1.67. The fourth-order valence-electron chi connectivity index (χ4n) is 1.56. The quantitative estimate of drug-likeness (QED) is 0.645. The normalized spacial score (nSPS) is 9.60. The highest BCUT2D eigenvalue weighted by atomic mass is 16.1. The number of pyridine rings is 1. The summed E-state index contributed by atoms with van der Waals surface area (Å²) in [6.45, 7) is 6.05. The summed E-state index contributed by atoms with van der Waals surface area (Å²) in [6.07, 6.45) is 0. The van der Waals surface area contributed by atoms with Gasteiger partial charge in [-0.25, -0.2) is 0 Å². The first kappa shape index (κ1) is 11.5. The Hall–Kier alpha value is -1.57. The summed E-state index contributed by atoms with van der Waals surface area (Å²) in [5.41, 5.74) is 2.23. The van der Waals surface area contributed by atoms with E-state index in [-0.39, 0.29) is 5.56 Å². The molecular formula is C13H17NO. The second-order valence-electron chi connectivity index (χ2n) is 3.24. The second kappa shape index (κ2) is 4.78. The highest BCUT2D eigenvalue weighted by molar-refractivity contribution is 5.82. The molecule has 0 radical (unpaired) electrons. The lowest BCUT2D eigenvalue weighted by Gasteiger charge is -2.05. The summed E-state index contributed by atoms with van der Waals surface area (Å²) in [5, 5.41) is 1.14. The Bertz CT molecular complexity index is 511. The highest BCUT2D eigenvalue weighted by Crippen LogP contribution is 2.14. The molecule has 0 amide bonds. The molecule has 0 unspecified atom stereocenters. The van der Waals surface area contributed by atoms with Crippen LogP contribution in [0, 0.1) is 6.92 Å². The van der Waals surface area contributed by atoms with Crippen LogP contribution in [0.3, 0.4) is 0 Å². The van der Waals surface area contributed by atoms with Gasteiger partial charge < -0.3 is 4.57 Å². The first-order chi connectivity index (χ1) is 7.20. The lowest BCUT2D eigenvalue weighted by molar-refractivity contribution is 0.905. The van der Waals surface area contributed by atoms with Crippen LogP contribution in [0.25, 0.3) is 10.9 Å². The molecule has 0 atom stereocenters. The average Bonchev–Trinajstić information content (AvgIpc) is 2.27. The molecule has 0 spiro atoms. The number of rotatable bonds is 0. The predicted octanol–water partition coefficient (Wildman–Crippen LogP) is 2.87. The van der Waals surface area contributed by atoms with Crippen LogP contribution in [-0.4, -0.2) is 4.57 Å². The Labute approximate surface area is 90.2 Å². The van der Waals surface area contributed by atoms with Gasteiger partial charge in [-0.3, -0.25) is 4.79 Å². The molecule has 0 aliphatic heterocycles. The van der Waals surface area contributed by atoms with Gasteiger partial charge >= 0.3 is 0 Å². The number of fused-ring (bicyclic) bond motifs is 1. The standard InChI is InChI=1S/C11H11NO.C2H6/c1-8-4-3-5-10-9(8)6-7-11(13)12(10)2;1-2/h3-7H,1-2H3;1-2H3. The van der Waals surface area contributed by atoms with Gasteiger partial charge in [-0.15, -0.1) is 0 Å². The number of nitrogens with zero attached hydrogens (tertiary/aromatic N) is 1. The topological polar surface area (TPSA) is 22.0 Å². The van der Waals surface area contributed by atoms with Crippen LogP contribution >= 0.6 is 0 Å². The average molecular weight is 203 g/mol. The molecule has 1 aromatic heterocycles. The van der Waals surface area contributed by atoms with E-state index >= 15 is 0 Å². The zero-order valence-electron chi connectivity index (χ0n) is 9.74. The van der Waals surface area contributed by atoms with Gasteiger partial charge in [0, 0.05) is 18.5 Å². The summed E-state index contributed by atoms with van der Waals surface area (Å²) in [6, 6.07) is 9.47. The number of hydrogen-bond donors (Lipinski definition) is 0. The number of aromatic nitrogens is 1. The van der Waals surface area contributed by atoms with E-state index in [2.05, 4.69) is 0 Å². The summed E-state index contributed by atoms with van der Waals surface area (Å²) in [5.74, 6) is 0. The van der Waals surface area contributed by atoms with E-state index in [0.717, 1.165) is 10.9 Å². The first-order valence-corrected chi connectivity index (χ1v) is 5.25. The van der Waals surface area contributed by atoms with E-state index in [9.17, 15) is 4.79 Å². The SMILES string of the molecule is CC.Cc1cccc2c1ccc(=O)n2C. The van der Waals surface area contributed by atoms with Crippen molar-refractivity contribution in [3.8, 4) is 0 Å². The maximum atomic E-state index is 11.3.